The molecule has 0 spiro atoms. The SMILES string of the molecule is CCNc1nc(C)c2cc[nH]c2n1. The lowest BCUT2D eigenvalue weighted by molar-refractivity contribution is 1.08. The summed E-state index contributed by atoms with van der Waals surface area (Å²) in [6.07, 6.45) is 1.88. The zero-order chi connectivity index (χ0) is 9.26. The average Bonchev–Trinajstić information content (AvgIpc) is 2.53. The lowest BCUT2D eigenvalue weighted by Gasteiger charge is -2.02. The van der Waals surface area contributed by atoms with Crippen molar-refractivity contribution in [3.05, 3.63) is 18.0 Å². The molecule has 0 radical (unpaired) electrons. The molecule has 0 saturated heterocycles. The summed E-state index contributed by atoms with van der Waals surface area (Å²) >= 11 is 0. The third-order valence-electron chi connectivity index (χ3n) is 1.94. The van der Waals surface area contributed by atoms with E-state index in [1.54, 1.807) is 0 Å². The number of aromatic nitrogens is 3. The van der Waals surface area contributed by atoms with Gasteiger partial charge >= 0.3 is 0 Å². The van der Waals surface area contributed by atoms with Crippen LogP contribution in [0.4, 0.5) is 5.95 Å². The van der Waals surface area contributed by atoms with Crippen molar-refractivity contribution in [2.75, 3.05) is 11.9 Å². The maximum Gasteiger partial charge on any atom is 0.224 e. The van der Waals surface area contributed by atoms with E-state index in [0.29, 0.717) is 5.95 Å². The predicted octanol–water partition coefficient (Wildman–Crippen LogP) is 1.70. The topological polar surface area (TPSA) is 53.6 Å². The van der Waals surface area contributed by atoms with Gasteiger partial charge in [0, 0.05) is 18.1 Å². The number of nitrogens with zero attached hydrogens (tertiary/aromatic N) is 2. The van der Waals surface area contributed by atoms with Gasteiger partial charge in [-0.3, -0.25) is 0 Å². The molecule has 0 aliphatic carbocycles. The van der Waals surface area contributed by atoms with Crippen molar-refractivity contribution in [3.63, 3.8) is 0 Å². The molecule has 0 aliphatic heterocycles. The first kappa shape index (κ1) is 8.04. The molecule has 0 amide bonds. The minimum absolute atomic E-state index is 0.690. The monoisotopic (exact) mass is 176 g/mol. The predicted molar refractivity (Wildman–Crippen MR) is 52.8 cm³/mol. The Morgan fingerprint density at radius 1 is 1.46 bits per heavy atom. The lowest BCUT2D eigenvalue weighted by Crippen LogP contribution is -2.03. The molecule has 2 N–H and O–H groups in total. The highest BCUT2D eigenvalue weighted by atomic mass is 15.1. The molecule has 0 atom stereocenters. The first-order chi connectivity index (χ1) is 6.31. The second-order valence-electron chi connectivity index (χ2n) is 2.90. The Morgan fingerprint density at radius 2 is 2.31 bits per heavy atom. The van der Waals surface area contributed by atoms with Crippen molar-refractivity contribution in [2.45, 2.75) is 13.8 Å². The summed E-state index contributed by atoms with van der Waals surface area (Å²) in [5, 5.41) is 4.17. The van der Waals surface area contributed by atoms with E-state index >= 15 is 0 Å². The highest BCUT2D eigenvalue weighted by Crippen LogP contribution is 2.14. The molecule has 0 saturated carbocycles. The van der Waals surface area contributed by atoms with E-state index < -0.39 is 0 Å². The van der Waals surface area contributed by atoms with Crippen LogP contribution in [0.5, 0.6) is 0 Å². The molecule has 2 rings (SSSR count). The largest absolute Gasteiger partial charge is 0.354 e. The summed E-state index contributed by atoms with van der Waals surface area (Å²) in [4.78, 5) is 11.7. The van der Waals surface area contributed by atoms with E-state index in [-0.39, 0.29) is 0 Å². The Morgan fingerprint density at radius 3 is 3.08 bits per heavy atom. The summed E-state index contributed by atoms with van der Waals surface area (Å²) in [6, 6.07) is 1.99. The smallest absolute Gasteiger partial charge is 0.224 e. The molecule has 2 aromatic heterocycles. The van der Waals surface area contributed by atoms with E-state index in [1.165, 1.54) is 0 Å². The number of aromatic amines is 1. The molecule has 4 nitrogen and oxygen atoms in total. The van der Waals surface area contributed by atoms with Crippen LogP contribution in [0.1, 0.15) is 12.6 Å². The van der Waals surface area contributed by atoms with Gasteiger partial charge in [0.25, 0.3) is 0 Å². The third-order valence-corrected chi connectivity index (χ3v) is 1.94. The number of fused-ring (bicyclic) bond motifs is 1. The first-order valence-electron chi connectivity index (χ1n) is 4.37. The fourth-order valence-electron chi connectivity index (χ4n) is 1.33. The van der Waals surface area contributed by atoms with Crippen LogP contribution in [0.3, 0.4) is 0 Å². The van der Waals surface area contributed by atoms with Gasteiger partial charge < -0.3 is 10.3 Å². The van der Waals surface area contributed by atoms with Crippen LogP contribution in [-0.2, 0) is 0 Å². The summed E-state index contributed by atoms with van der Waals surface area (Å²) in [6.45, 7) is 4.85. The fourth-order valence-corrected chi connectivity index (χ4v) is 1.33. The number of rotatable bonds is 2. The molecule has 0 aliphatic rings. The van der Waals surface area contributed by atoms with Crippen molar-refractivity contribution in [2.24, 2.45) is 0 Å². The number of anilines is 1. The van der Waals surface area contributed by atoms with Crippen LogP contribution in [0.2, 0.25) is 0 Å². The van der Waals surface area contributed by atoms with Crippen molar-refractivity contribution in [3.8, 4) is 0 Å². The second kappa shape index (κ2) is 3.05. The third kappa shape index (κ3) is 1.35. The van der Waals surface area contributed by atoms with Gasteiger partial charge in [-0.2, -0.15) is 4.98 Å². The van der Waals surface area contributed by atoms with Gasteiger partial charge in [-0.25, -0.2) is 4.98 Å². The van der Waals surface area contributed by atoms with E-state index in [1.807, 2.05) is 26.1 Å². The van der Waals surface area contributed by atoms with Crippen molar-refractivity contribution >= 4 is 17.0 Å². The number of H-pyrrole nitrogens is 1. The number of aryl methyl sites for hydroxylation is 1. The minimum Gasteiger partial charge on any atom is -0.354 e. The maximum atomic E-state index is 4.32. The summed E-state index contributed by atoms with van der Waals surface area (Å²) in [5.41, 5.74) is 1.89. The van der Waals surface area contributed by atoms with Gasteiger partial charge in [0.2, 0.25) is 5.95 Å². The highest BCUT2D eigenvalue weighted by molar-refractivity contribution is 5.78. The molecular formula is C9H12N4. The van der Waals surface area contributed by atoms with Crippen LogP contribution in [0.25, 0.3) is 11.0 Å². The van der Waals surface area contributed by atoms with Gasteiger partial charge in [-0.15, -0.1) is 0 Å². The summed E-state index contributed by atoms with van der Waals surface area (Å²) < 4.78 is 0. The summed E-state index contributed by atoms with van der Waals surface area (Å²) in [7, 11) is 0. The average molecular weight is 176 g/mol. The second-order valence-corrected chi connectivity index (χ2v) is 2.90. The molecular weight excluding hydrogens is 164 g/mol. The number of hydrogen-bond donors (Lipinski definition) is 2. The van der Waals surface area contributed by atoms with Crippen molar-refractivity contribution < 1.29 is 0 Å². The molecule has 0 bridgehead atoms. The van der Waals surface area contributed by atoms with Crippen LogP contribution in [0, 0.1) is 6.92 Å². The molecule has 2 heterocycles. The molecule has 68 valence electrons. The standard InChI is InChI=1S/C9H12N4/c1-3-10-9-12-6(2)7-4-5-11-8(7)13-9/h4-5H,3H2,1-2H3,(H2,10,11,12,13). The Hall–Kier alpha value is -1.58. The quantitative estimate of drug-likeness (QED) is 0.732. The van der Waals surface area contributed by atoms with E-state index in [4.69, 9.17) is 0 Å². The van der Waals surface area contributed by atoms with Crippen molar-refractivity contribution in [1.29, 1.82) is 0 Å². The van der Waals surface area contributed by atoms with Crippen LogP contribution >= 0.6 is 0 Å². The van der Waals surface area contributed by atoms with Gasteiger partial charge in [0.15, 0.2) is 0 Å². The zero-order valence-corrected chi connectivity index (χ0v) is 7.76. The van der Waals surface area contributed by atoms with Crippen LogP contribution in [0.15, 0.2) is 12.3 Å². The van der Waals surface area contributed by atoms with Crippen LogP contribution < -0.4 is 5.32 Å². The molecule has 13 heavy (non-hydrogen) atoms. The zero-order valence-electron chi connectivity index (χ0n) is 7.76. The normalized spacial score (nSPS) is 10.6. The summed E-state index contributed by atoms with van der Waals surface area (Å²) in [5.74, 6) is 0.690. The van der Waals surface area contributed by atoms with Gasteiger partial charge in [0.05, 0.1) is 5.69 Å². The number of nitrogens with one attached hydrogen (secondary N) is 2. The van der Waals surface area contributed by atoms with Gasteiger partial charge in [-0.1, -0.05) is 0 Å². The molecule has 0 fully saturated rings. The number of hydrogen-bond acceptors (Lipinski definition) is 3. The van der Waals surface area contributed by atoms with E-state index in [2.05, 4.69) is 20.3 Å². The van der Waals surface area contributed by atoms with Gasteiger partial charge in [-0.05, 0) is 19.9 Å². The Labute approximate surface area is 76.4 Å². The minimum atomic E-state index is 0.690. The Balaban J connectivity index is 2.56. The fraction of sp³-hybridized carbons (Fsp3) is 0.333. The first-order valence-corrected chi connectivity index (χ1v) is 4.37. The molecule has 4 heteroatoms. The van der Waals surface area contributed by atoms with Gasteiger partial charge in [0.1, 0.15) is 5.65 Å². The van der Waals surface area contributed by atoms with E-state index in [0.717, 1.165) is 23.3 Å². The van der Waals surface area contributed by atoms with E-state index in [9.17, 15) is 0 Å². The lowest BCUT2D eigenvalue weighted by atomic mass is 10.3. The molecule has 0 unspecified atom stereocenters. The van der Waals surface area contributed by atoms with Crippen LogP contribution in [-0.4, -0.2) is 21.5 Å². The maximum absolute atomic E-state index is 4.32. The van der Waals surface area contributed by atoms with Crippen molar-refractivity contribution in [1.82, 2.24) is 15.0 Å². The molecule has 2 aromatic rings. The highest BCUT2D eigenvalue weighted by Gasteiger charge is 2.03. The molecule has 0 aromatic carbocycles. The Kier molecular flexibility index (Phi) is 1.88. The Bertz CT molecular complexity index is 418.